The standard InChI is InChI=1S/C39H50IN5O5/c1-39(2)32-13-12-31(48-3)25-30(32)26-33(42-39)37(46)41-34(24-28-8-10-29(27-40)11-9-28)38(47)45-16-14-44(15-17-45)35-6-4-5-7-36(35)50-23-20-43-18-21-49-22-19-43/h4-13,25,33-34,42H,14-24,26-27H2,1-3H3,(H,41,46)/t33?,34-/m1/s1. The van der Waals surface area contributed by atoms with Crippen LogP contribution < -0.4 is 25.0 Å². The molecule has 3 heterocycles. The van der Waals surface area contributed by atoms with Gasteiger partial charge in [0, 0.05) is 62.2 Å². The summed E-state index contributed by atoms with van der Waals surface area (Å²) >= 11 is 2.35. The second kappa shape index (κ2) is 16.8. The van der Waals surface area contributed by atoms with Crippen molar-refractivity contribution >= 4 is 40.1 Å². The van der Waals surface area contributed by atoms with E-state index < -0.39 is 17.6 Å². The molecule has 0 aliphatic carbocycles. The van der Waals surface area contributed by atoms with Crippen molar-refractivity contribution in [2.45, 2.75) is 48.7 Å². The van der Waals surface area contributed by atoms with Gasteiger partial charge in [0.05, 0.1) is 32.1 Å². The summed E-state index contributed by atoms with van der Waals surface area (Å²) in [6.45, 7) is 11.5. The smallest absolute Gasteiger partial charge is 0.245 e. The van der Waals surface area contributed by atoms with Gasteiger partial charge in [0.2, 0.25) is 11.8 Å². The molecule has 3 aromatic rings. The van der Waals surface area contributed by atoms with E-state index in [2.05, 4.69) is 93.3 Å². The van der Waals surface area contributed by atoms with E-state index in [1.807, 2.05) is 35.2 Å². The summed E-state index contributed by atoms with van der Waals surface area (Å²) in [5, 5.41) is 6.74. The first-order chi connectivity index (χ1) is 24.2. The number of hydrogen-bond donors (Lipinski definition) is 2. The molecule has 50 heavy (non-hydrogen) atoms. The van der Waals surface area contributed by atoms with Crippen LogP contribution in [0.25, 0.3) is 0 Å². The zero-order valence-corrected chi connectivity index (χ0v) is 31.6. The molecule has 2 amide bonds. The van der Waals surface area contributed by atoms with Gasteiger partial charge in [-0.3, -0.25) is 19.8 Å². The summed E-state index contributed by atoms with van der Waals surface area (Å²) in [5.74, 6) is 1.41. The molecule has 0 bridgehead atoms. The van der Waals surface area contributed by atoms with Crippen LogP contribution in [0.3, 0.4) is 0 Å². The lowest BCUT2D eigenvalue weighted by atomic mass is 9.82. The predicted octanol–water partition coefficient (Wildman–Crippen LogP) is 4.17. The van der Waals surface area contributed by atoms with Crippen LogP contribution in [0.15, 0.2) is 66.7 Å². The van der Waals surface area contributed by atoms with Crippen LogP contribution in [0.1, 0.15) is 36.1 Å². The number of fused-ring (bicyclic) bond motifs is 1. The monoisotopic (exact) mass is 795 g/mol. The number of benzene rings is 3. The highest BCUT2D eigenvalue weighted by Crippen LogP contribution is 2.33. The van der Waals surface area contributed by atoms with Crippen LogP contribution in [-0.4, -0.2) is 106 Å². The first-order valence-electron chi connectivity index (χ1n) is 17.7. The van der Waals surface area contributed by atoms with Gasteiger partial charge in [0.15, 0.2) is 0 Å². The molecule has 2 N–H and O–H groups in total. The van der Waals surface area contributed by atoms with Gasteiger partial charge in [-0.2, -0.15) is 0 Å². The minimum atomic E-state index is -0.688. The quantitative estimate of drug-likeness (QED) is 0.209. The Morgan fingerprint density at radius 2 is 1.70 bits per heavy atom. The summed E-state index contributed by atoms with van der Waals surface area (Å²) in [7, 11) is 1.65. The van der Waals surface area contributed by atoms with Crippen LogP contribution in [0.4, 0.5) is 5.69 Å². The van der Waals surface area contributed by atoms with E-state index in [1.165, 1.54) is 5.56 Å². The van der Waals surface area contributed by atoms with E-state index in [0.29, 0.717) is 45.6 Å². The number of carbonyl (C=O) groups excluding carboxylic acids is 2. The number of alkyl halides is 1. The minimum Gasteiger partial charge on any atom is -0.497 e. The average Bonchev–Trinajstić information content (AvgIpc) is 3.14. The fourth-order valence-electron chi connectivity index (χ4n) is 7.23. The molecule has 0 saturated carbocycles. The Bertz CT molecular complexity index is 1600. The number of piperazine rings is 1. The van der Waals surface area contributed by atoms with Crippen LogP contribution in [-0.2, 0) is 37.1 Å². The maximum atomic E-state index is 14.3. The summed E-state index contributed by atoms with van der Waals surface area (Å²) in [5.41, 5.74) is 5.09. The molecule has 0 aromatic heterocycles. The first-order valence-corrected chi connectivity index (χ1v) is 19.2. The molecule has 0 spiro atoms. The van der Waals surface area contributed by atoms with Crippen LogP contribution in [0, 0.1) is 0 Å². The van der Waals surface area contributed by atoms with Crippen molar-refractivity contribution < 1.29 is 23.8 Å². The van der Waals surface area contributed by atoms with Crippen molar-refractivity contribution in [1.29, 1.82) is 0 Å². The maximum Gasteiger partial charge on any atom is 0.245 e. The zero-order valence-electron chi connectivity index (χ0n) is 29.5. The first kappa shape index (κ1) is 36.4. The molecule has 0 radical (unpaired) electrons. The highest BCUT2D eigenvalue weighted by molar-refractivity contribution is 14.1. The van der Waals surface area contributed by atoms with E-state index in [-0.39, 0.29) is 11.8 Å². The lowest BCUT2D eigenvalue weighted by Gasteiger charge is -2.40. The number of halogens is 1. The van der Waals surface area contributed by atoms with Crippen molar-refractivity contribution in [3.8, 4) is 11.5 Å². The van der Waals surface area contributed by atoms with Gasteiger partial charge < -0.3 is 29.3 Å². The number of morpholine rings is 1. The van der Waals surface area contributed by atoms with Crippen molar-refractivity contribution in [1.82, 2.24) is 20.4 Å². The van der Waals surface area contributed by atoms with E-state index in [9.17, 15) is 9.59 Å². The van der Waals surface area contributed by atoms with E-state index >= 15 is 0 Å². The van der Waals surface area contributed by atoms with Crippen molar-refractivity contribution in [3.05, 3.63) is 89.0 Å². The highest BCUT2D eigenvalue weighted by atomic mass is 127. The van der Waals surface area contributed by atoms with E-state index in [0.717, 1.165) is 71.2 Å². The SMILES string of the molecule is COc1ccc2c(c1)CC(C(=O)N[C@H](Cc1ccc(CI)cc1)C(=O)N1CCN(c3ccccc3OCCN3CCOCC3)CC1)NC2(C)C. The Kier molecular flexibility index (Phi) is 12.2. The molecule has 2 saturated heterocycles. The fraction of sp³-hybridized carbons (Fsp3) is 0.487. The topological polar surface area (TPSA) is 95.6 Å². The molecule has 3 aromatic carbocycles. The number of nitrogens with one attached hydrogen (secondary N) is 2. The molecule has 3 aliphatic rings. The largest absolute Gasteiger partial charge is 0.497 e. The summed E-state index contributed by atoms with van der Waals surface area (Å²) in [6.07, 6.45) is 0.937. The molecule has 268 valence electrons. The van der Waals surface area contributed by atoms with Gasteiger partial charge in [0.1, 0.15) is 24.1 Å². The minimum absolute atomic E-state index is 0.0526. The number of carbonyl (C=O) groups is 2. The van der Waals surface area contributed by atoms with Gasteiger partial charge in [-0.25, -0.2) is 0 Å². The van der Waals surface area contributed by atoms with Crippen molar-refractivity contribution in [2.75, 3.05) is 77.6 Å². The van der Waals surface area contributed by atoms with Crippen LogP contribution in [0.5, 0.6) is 11.5 Å². The van der Waals surface area contributed by atoms with E-state index in [1.54, 1.807) is 7.11 Å². The fourth-order valence-corrected chi connectivity index (χ4v) is 7.74. The molecular formula is C39H50IN5O5. The Morgan fingerprint density at radius 1 is 0.980 bits per heavy atom. The maximum absolute atomic E-state index is 14.3. The normalized spacial score (nSPS) is 19.7. The lowest BCUT2D eigenvalue weighted by Crippen LogP contribution is -2.60. The number of nitrogens with zero attached hydrogens (tertiary/aromatic N) is 3. The summed E-state index contributed by atoms with van der Waals surface area (Å²) in [6, 6.07) is 21.3. The molecule has 1 unspecified atom stereocenters. The summed E-state index contributed by atoms with van der Waals surface area (Å²) < 4.78 is 18.1. The van der Waals surface area contributed by atoms with Crippen LogP contribution in [0.2, 0.25) is 0 Å². The molecule has 10 nitrogen and oxygen atoms in total. The molecular weight excluding hydrogens is 745 g/mol. The second-order valence-electron chi connectivity index (χ2n) is 13.8. The third-order valence-corrected chi connectivity index (χ3v) is 10.9. The number of anilines is 1. The van der Waals surface area contributed by atoms with Crippen LogP contribution >= 0.6 is 22.6 Å². The highest BCUT2D eigenvalue weighted by Gasteiger charge is 2.38. The van der Waals surface area contributed by atoms with Gasteiger partial charge in [0.25, 0.3) is 0 Å². The Labute approximate surface area is 309 Å². The molecule has 2 fully saturated rings. The third kappa shape index (κ3) is 8.90. The zero-order chi connectivity index (χ0) is 35.1. The molecule has 2 atom stereocenters. The molecule has 11 heteroatoms. The number of ether oxygens (including phenoxy) is 3. The number of rotatable bonds is 12. The Balaban J connectivity index is 1.12. The average molecular weight is 796 g/mol. The predicted molar refractivity (Wildman–Crippen MR) is 204 cm³/mol. The lowest BCUT2D eigenvalue weighted by molar-refractivity contribution is -0.137. The second-order valence-corrected chi connectivity index (χ2v) is 14.6. The van der Waals surface area contributed by atoms with Crippen molar-refractivity contribution in [3.63, 3.8) is 0 Å². The van der Waals surface area contributed by atoms with Gasteiger partial charge in [-0.1, -0.05) is 65.1 Å². The van der Waals surface area contributed by atoms with Gasteiger partial charge in [-0.15, -0.1) is 0 Å². The number of amides is 2. The Morgan fingerprint density at radius 3 is 2.42 bits per heavy atom. The third-order valence-electron chi connectivity index (χ3n) is 10.1. The molecule has 6 rings (SSSR count). The number of methoxy groups -OCH3 is 1. The van der Waals surface area contributed by atoms with Crippen molar-refractivity contribution in [2.24, 2.45) is 0 Å². The molecule has 3 aliphatic heterocycles. The van der Waals surface area contributed by atoms with E-state index in [4.69, 9.17) is 14.2 Å². The van der Waals surface area contributed by atoms with Gasteiger partial charge >= 0.3 is 0 Å². The Hall–Kier alpha value is -3.39. The summed E-state index contributed by atoms with van der Waals surface area (Å²) in [4.78, 5) is 34.8. The number of para-hydroxylation sites is 2. The van der Waals surface area contributed by atoms with Gasteiger partial charge in [-0.05, 0) is 66.8 Å². The number of hydrogen-bond acceptors (Lipinski definition) is 8.